The first-order valence-corrected chi connectivity index (χ1v) is 10.7. The van der Waals surface area contributed by atoms with Gasteiger partial charge in [0.1, 0.15) is 28.8 Å². The van der Waals surface area contributed by atoms with Gasteiger partial charge >= 0.3 is 6.18 Å². The van der Waals surface area contributed by atoms with Crippen molar-refractivity contribution < 1.29 is 17.9 Å². The summed E-state index contributed by atoms with van der Waals surface area (Å²) in [6.07, 6.45) is -2.94. The van der Waals surface area contributed by atoms with E-state index in [1.165, 1.54) is 18.3 Å². The number of H-pyrrole nitrogens is 1. The number of benzene rings is 3. The van der Waals surface area contributed by atoms with Gasteiger partial charge < -0.3 is 10.1 Å². The molecule has 2 aromatic heterocycles. The Kier molecular flexibility index (Phi) is 5.59. The van der Waals surface area contributed by atoms with Crippen molar-refractivity contribution in [3.05, 3.63) is 95.1 Å². The van der Waals surface area contributed by atoms with Gasteiger partial charge in [0.05, 0.1) is 16.3 Å². The Labute approximate surface area is 202 Å². The number of rotatable bonds is 5. The lowest BCUT2D eigenvalue weighted by atomic mass is 10.1. The molecule has 0 unspecified atom stereocenters. The number of halogens is 4. The lowest BCUT2D eigenvalue weighted by molar-refractivity contribution is -0.137. The van der Waals surface area contributed by atoms with Gasteiger partial charge in [-0.05, 0) is 42.5 Å². The summed E-state index contributed by atoms with van der Waals surface area (Å²) in [6, 6.07) is 20.7. The molecule has 0 aliphatic carbocycles. The topological polar surface area (TPSA) is 78.1 Å². The minimum absolute atomic E-state index is 0.0510. The van der Waals surface area contributed by atoms with Crippen molar-refractivity contribution in [3.63, 3.8) is 0 Å². The van der Waals surface area contributed by atoms with Gasteiger partial charge in [-0.2, -0.15) is 18.4 Å². The number of nitrogens with one attached hydrogen (secondary N) is 2. The Morgan fingerprint density at radius 1 is 1.00 bits per heavy atom. The molecule has 5 aromatic rings. The quantitative estimate of drug-likeness (QED) is 0.267. The second-order valence-electron chi connectivity index (χ2n) is 7.53. The second kappa shape index (κ2) is 8.74. The Hall–Kier alpha value is -4.42. The van der Waals surface area contributed by atoms with Crippen LogP contribution in [0.2, 0.25) is 5.02 Å². The van der Waals surface area contributed by atoms with Crippen LogP contribution in [0.5, 0.6) is 11.5 Å². The van der Waals surface area contributed by atoms with Crippen LogP contribution in [0.3, 0.4) is 0 Å². The maximum Gasteiger partial charge on any atom is 0.416 e. The molecule has 0 saturated carbocycles. The number of anilines is 2. The molecule has 174 valence electrons. The van der Waals surface area contributed by atoms with Crippen LogP contribution in [0.1, 0.15) is 11.1 Å². The molecule has 0 radical (unpaired) electrons. The number of nitrogens with zero attached hydrogens (tertiary/aromatic N) is 3. The average Bonchev–Trinajstić information content (AvgIpc) is 3.40. The molecule has 0 fully saturated rings. The smallest absolute Gasteiger partial charge is 0.416 e. The maximum atomic E-state index is 13.1. The SMILES string of the molecule is N#Cc1c[nH]n2c(Nc3ccccc3Cl)c(-c3cccc(Oc4cccc(C(F)(F)F)c4)c3)nc12. The molecule has 0 aliphatic rings. The van der Waals surface area contributed by atoms with Gasteiger partial charge in [-0.15, -0.1) is 0 Å². The number of aromatic amines is 1. The van der Waals surface area contributed by atoms with Crippen molar-refractivity contribution in [2.24, 2.45) is 0 Å². The highest BCUT2D eigenvalue weighted by Crippen LogP contribution is 2.37. The average molecular weight is 494 g/mol. The highest BCUT2D eigenvalue weighted by atomic mass is 35.5. The van der Waals surface area contributed by atoms with Crippen molar-refractivity contribution in [1.29, 1.82) is 5.26 Å². The summed E-state index contributed by atoms with van der Waals surface area (Å²) >= 11 is 6.33. The van der Waals surface area contributed by atoms with Gasteiger partial charge in [0.2, 0.25) is 0 Å². The molecule has 0 spiro atoms. The Morgan fingerprint density at radius 2 is 1.74 bits per heavy atom. The van der Waals surface area contributed by atoms with Gasteiger partial charge in [0.15, 0.2) is 11.5 Å². The number of alkyl halides is 3. The maximum absolute atomic E-state index is 13.1. The number of para-hydroxylation sites is 1. The molecule has 35 heavy (non-hydrogen) atoms. The predicted molar refractivity (Wildman–Crippen MR) is 126 cm³/mol. The second-order valence-corrected chi connectivity index (χ2v) is 7.93. The lowest BCUT2D eigenvalue weighted by Gasteiger charge is -2.12. The molecule has 10 heteroatoms. The van der Waals surface area contributed by atoms with Crippen molar-refractivity contribution in [2.75, 3.05) is 5.32 Å². The zero-order chi connectivity index (χ0) is 24.6. The Bertz CT molecular complexity index is 1580. The van der Waals surface area contributed by atoms with Gasteiger partial charge in [-0.1, -0.05) is 41.9 Å². The third kappa shape index (κ3) is 4.39. The van der Waals surface area contributed by atoms with Crippen molar-refractivity contribution >= 4 is 28.8 Å². The molecule has 0 saturated heterocycles. The van der Waals surface area contributed by atoms with Crippen molar-refractivity contribution in [2.45, 2.75) is 6.18 Å². The molecule has 6 nitrogen and oxygen atoms in total. The number of nitriles is 1. The fraction of sp³-hybridized carbons (Fsp3) is 0.0400. The molecule has 0 aliphatic heterocycles. The van der Waals surface area contributed by atoms with Crippen LogP contribution in [0.15, 0.2) is 79.0 Å². The highest BCUT2D eigenvalue weighted by Gasteiger charge is 2.30. The standard InChI is InChI=1S/C25H15ClF3N5O/c26-20-9-1-2-10-21(20)32-24-22(33-23-16(13-30)14-31-34(23)24)15-5-3-7-18(11-15)35-19-8-4-6-17(12-19)25(27,28)29/h1-12,14,31-32H. The van der Waals surface area contributed by atoms with E-state index < -0.39 is 11.7 Å². The van der Waals surface area contributed by atoms with Crippen LogP contribution in [0.25, 0.3) is 16.9 Å². The number of fused-ring (bicyclic) bond motifs is 1. The van der Waals surface area contributed by atoms with E-state index in [1.807, 2.05) is 6.07 Å². The molecule has 3 aromatic carbocycles. The summed E-state index contributed by atoms with van der Waals surface area (Å²) in [7, 11) is 0. The fourth-order valence-corrected chi connectivity index (χ4v) is 3.77. The molecule has 5 rings (SSSR count). The highest BCUT2D eigenvalue weighted by molar-refractivity contribution is 6.33. The van der Waals surface area contributed by atoms with Gasteiger partial charge in [-0.25, -0.2) is 9.50 Å². The third-order valence-corrected chi connectivity index (χ3v) is 5.54. The minimum Gasteiger partial charge on any atom is -0.457 e. The number of hydrogen-bond acceptors (Lipinski definition) is 4. The molecule has 0 atom stereocenters. The molecule has 2 heterocycles. The first-order chi connectivity index (χ1) is 16.8. The van der Waals surface area contributed by atoms with Crippen LogP contribution in [0.4, 0.5) is 24.7 Å². The molecular formula is C25H15ClF3N5O. The van der Waals surface area contributed by atoms with E-state index >= 15 is 0 Å². The minimum atomic E-state index is -4.48. The van der Waals surface area contributed by atoms with E-state index in [1.54, 1.807) is 47.0 Å². The van der Waals surface area contributed by atoms with E-state index in [0.29, 0.717) is 44.7 Å². The van der Waals surface area contributed by atoms with Gasteiger partial charge in [-0.3, -0.25) is 5.10 Å². The third-order valence-electron chi connectivity index (χ3n) is 5.21. The zero-order valence-corrected chi connectivity index (χ0v) is 18.5. The number of hydrogen-bond donors (Lipinski definition) is 2. The van der Waals surface area contributed by atoms with E-state index in [9.17, 15) is 18.4 Å². The van der Waals surface area contributed by atoms with Crippen LogP contribution >= 0.6 is 11.6 Å². The lowest BCUT2D eigenvalue weighted by Crippen LogP contribution is -2.04. The van der Waals surface area contributed by atoms with E-state index in [2.05, 4.69) is 21.5 Å². The Balaban J connectivity index is 1.56. The van der Waals surface area contributed by atoms with E-state index in [4.69, 9.17) is 16.3 Å². The van der Waals surface area contributed by atoms with Crippen molar-refractivity contribution in [1.82, 2.24) is 14.6 Å². The summed E-state index contributed by atoms with van der Waals surface area (Å²) in [4.78, 5) is 4.63. The van der Waals surface area contributed by atoms with Gasteiger partial charge in [0, 0.05) is 11.8 Å². The van der Waals surface area contributed by atoms with Gasteiger partial charge in [0.25, 0.3) is 0 Å². The number of imidazole rings is 1. The van der Waals surface area contributed by atoms with E-state index in [0.717, 1.165) is 12.1 Å². The summed E-state index contributed by atoms with van der Waals surface area (Å²) < 4.78 is 46.5. The monoisotopic (exact) mass is 493 g/mol. The fourth-order valence-electron chi connectivity index (χ4n) is 3.59. The van der Waals surface area contributed by atoms with Crippen molar-refractivity contribution in [3.8, 4) is 28.8 Å². The first kappa shape index (κ1) is 22.4. The normalized spacial score (nSPS) is 11.4. The molecule has 0 amide bonds. The summed E-state index contributed by atoms with van der Waals surface area (Å²) in [6.45, 7) is 0. The molecular weight excluding hydrogens is 479 g/mol. The molecule has 0 bridgehead atoms. The van der Waals surface area contributed by atoms with Crippen LogP contribution in [0, 0.1) is 11.3 Å². The van der Waals surface area contributed by atoms with Crippen LogP contribution in [-0.2, 0) is 6.18 Å². The zero-order valence-electron chi connectivity index (χ0n) is 17.8. The summed E-state index contributed by atoms with van der Waals surface area (Å²) in [5.74, 6) is 0.892. The Morgan fingerprint density at radius 3 is 2.49 bits per heavy atom. The summed E-state index contributed by atoms with van der Waals surface area (Å²) in [5.41, 5.74) is 1.68. The summed E-state index contributed by atoms with van der Waals surface area (Å²) in [5, 5.41) is 16.2. The largest absolute Gasteiger partial charge is 0.457 e. The van der Waals surface area contributed by atoms with Crippen LogP contribution < -0.4 is 10.1 Å². The number of ether oxygens (including phenoxy) is 1. The predicted octanol–water partition coefficient (Wildman–Crippen LogP) is 7.41. The molecule has 2 N–H and O–H groups in total. The first-order valence-electron chi connectivity index (χ1n) is 10.3. The number of aromatic nitrogens is 3. The van der Waals surface area contributed by atoms with Crippen LogP contribution in [-0.4, -0.2) is 14.6 Å². The van der Waals surface area contributed by atoms with E-state index in [-0.39, 0.29) is 5.75 Å².